The molecular weight excluding hydrogens is 227 g/mol. The van der Waals surface area contributed by atoms with E-state index >= 15 is 0 Å². The second-order valence-corrected chi connectivity index (χ2v) is 3.60. The average Bonchev–Trinajstić information content (AvgIpc) is 2.25. The minimum absolute atomic E-state index is 0.129. The van der Waals surface area contributed by atoms with Crippen molar-refractivity contribution >= 4 is 11.4 Å². The highest BCUT2D eigenvalue weighted by Gasteiger charge is 2.20. The second-order valence-electron chi connectivity index (χ2n) is 3.60. The van der Waals surface area contributed by atoms with Crippen LogP contribution in [0.3, 0.4) is 0 Å². The van der Waals surface area contributed by atoms with E-state index in [2.05, 4.69) is 5.32 Å². The van der Waals surface area contributed by atoms with Crippen LogP contribution in [-0.4, -0.2) is 24.2 Å². The van der Waals surface area contributed by atoms with Crippen LogP contribution in [0.4, 0.5) is 15.8 Å². The van der Waals surface area contributed by atoms with Crippen molar-refractivity contribution in [3.05, 3.63) is 34.1 Å². The Labute approximate surface area is 98.7 Å². The number of hydrogen-bond acceptors (Lipinski definition) is 4. The van der Waals surface area contributed by atoms with Gasteiger partial charge in [-0.1, -0.05) is 6.07 Å². The van der Waals surface area contributed by atoms with Crippen LogP contribution in [0.5, 0.6) is 0 Å². The minimum atomic E-state index is -0.844. The van der Waals surface area contributed by atoms with E-state index in [0.717, 1.165) is 6.07 Å². The second kappa shape index (κ2) is 6.15. The highest BCUT2D eigenvalue weighted by atomic mass is 19.1. The van der Waals surface area contributed by atoms with Gasteiger partial charge in [-0.25, -0.2) is 0 Å². The molecule has 0 spiro atoms. The Kier molecular flexibility index (Phi) is 4.84. The number of nitro groups is 1. The van der Waals surface area contributed by atoms with Crippen molar-refractivity contribution in [1.29, 1.82) is 0 Å². The topological polar surface area (TPSA) is 64.4 Å². The molecule has 94 valence electrons. The van der Waals surface area contributed by atoms with Gasteiger partial charge in [0.05, 0.1) is 11.5 Å². The fraction of sp³-hybridized carbons (Fsp3) is 0.455. The lowest BCUT2D eigenvalue weighted by Gasteiger charge is -2.14. The number of nitro benzene ring substituents is 1. The summed E-state index contributed by atoms with van der Waals surface area (Å²) in [5, 5.41) is 13.6. The van der Waals surface area contributed by atoms with Gasteiger partial charge in [-0.3, -0.25) is 10.1 Å². The summed E-state index contributed by atoms with van der Waals surface area (Å²) >= 11 is 0. The van der Waals surface area contributed by atoms with E-state index in [1.54, 1.807) is 0 Å². The van der Waals surface area contributed by atoms with E-state index in [4.69, 9.17) is 4.74 Å². The molecule has 0 amide bonds. The zero-order valence-corrected chi connectivity index (χ0v) is 9.77. The van der Waals surface area contributed by atoms with Crippen molar-refractivity contribution in [2.75, 3.05) is 18.5 Å². The third-order valence-corrected chi connectivity index (χ3v) is 2.14. The predicted molar refractivity (Wildman–Crippen MR) is 62.6 cm³/mol. The maximum absolute atomic E-state index is 13.3. The molecule has 0 aliphatic rings. The van der Waals surface area contributed by atoms with Gasteiger partial charge < -0.3 is 10.1 Å². The zero-order chi connectivity index (χ0) is 12.8. The first-order valence-electron chi connectivity index (χ1n) is 5.33. The van der Waals surface area contributed by atoms with E-state index < -0.39 is 16.4 Å². The van der Waals surface area contributed by atoms with Gasteiger partial charge in [-0.05, 0) is 26.0 Å². The fourth-order valence-corrected chi connectivity index (χ4v) is 1.42. The first kappa shape index (κ1) is 13.4. The van der Waals surface area contributed by atoms with Gasteiger partial charge in [-0.15, -0.1) is 0 Å². The summed E-state index contributed by atoms with van der Waals surface area (Å²) in [6.07, 6.45) is 0. The highest BCUT2D eigenvalue weighted by Crippen LogP contribution is 2.27. The number of nitrogens with one attached hydrogen (secondary N) is 1. The molecular formula is C11H15FN2O3. The van der Waals surface area contributed by atoms with Crippen molar-refractivity contribution in [3.8, 4) is 0 Å². The molecule has 0 bridgehead atoms. The first-order valence-corrected chi connectivity index (χ1v) is 5.33. The van der Waals surface area contributed by atoms with E-state index in [1.165, 1.54) is 12.1 Å². The van der Waals surface area contributed by atoms with Gasteiger partial charge >= 0.3 is 5.69 Å². The van der Waals surface area contributed by atoms with Crippen LogP contribution in [0.15, 0.2) is 18.2 Å². The smallest absolute Gasteiger partial charge is 0.327 e. The molecule has 1 N–H and O–H groups in total. The molecule has 6 heteroatoms. The Bertz CT molecular complexity index is 398. The summed E-state index contributed by atoms with van der Waals surface area (Å²) < 4.78 is 18.5. The number of benzene rings is 1. The van der Waals surface area contributed by atoms with Crippen LogP contribution in [-0.2, 0) is 4.74 Å². The van der Waals surface area contributed by atoms with Gasteiger partial charge in [0, 0.05) is 12.6 Å². The molecule has 1 aromatic rings. The molecule has 1 rings (SSSR count). The summed E-state index contributed by atoms with van der Waals surface area (Å²) in [5.41, 5.74) is -0.363. The number of rotatable bonds is 6. The Morgan fingerprint density at radius 1 is 1.59 bits per heavy atom. The van der Waals surface area contributed by atoms with E-state index in [-0.39, 0.29) is 11.7 Å². The molecule has 0 heterocycles. The molecule has 5 nitrogen and oxygen atoms in total. The van der Waals surface area contributed by atoms with Crippen molar-refractivity contribution in [2.45, 2.75) is 19.9 Å². The lowest BCUT2D eigenvalue weighted by atomic mass is 10.2. The molecule has 1 atom stereocenters. The van der Waals surface area contributed by atoms with Crippen molar-refractivity contribution in [3.63, 3.8) is 0 Å². The van der Waals surface area contributed by atoms with Gasteiger partial charge in [0.2, 0.25) is 5.82 Å². The number of halogens is 1. The maximum Gasteiger partial charge on any atom is 0.327 e. The summed E-state index contributed by atoms with van der Waals surface area (Å²) in [7, 11) is 0. The van der Waals surface area contributed by atoms with Gasteiger partial charge in [0.25, 0.3) is 0 Å². The summed E-state index contributed by atoms with van der Waals surface area (Å²) in [4.78, 5) is 10.0. The summed E-state index contributed by atoms with van der Waals surface area (Å²) in [6, 6.07) is 3.84. The SMILES string of the molecule is CCOCC(C)Nc1cccc(F)c1[N+](=O)[O-]. The molecule has 17 heavy (non-hydrogen) atoms. The van der Waals surface area contributed by atoms with E-state index in [9.17, 15) is 14.5 Å². The Hall–Kier alpha value is -1.69. The molecule has 0 aliphatic carbocycles. The van der Waals surface area contributed by atoms with Gasteiger partial charge in [0.1, 0.15) is 5.69 Å². The number of nitrogens with zero attached hydrogens (tertiary/aromatic N) is 1. The Morgan fingerprint density at radius 2 is 2.29 bits per heavy atom. The van der Waals surface area contributed by atoms with Gasteiger partial charge in [-0.2, -0.15) is 4.39 Å². The summed E-state index contributed by atoms with van der Waals surface area (Å²) in [5.74, 6) is -0.844. The standard InChI is InChI=1S/C11H15FN2O3/c1-3-17-7-8(2)13-10-6-4-5-9(12)11(10)14(15)16/h4-6,8,13H,3,7H2,1-2H3. The average molecular weight is 242 g/mol. The molecule has 0 saturated carbocycles. The molecule has 1 aromatic carbocycles. The lowest BCUT2D eigenvalue weighted by Crippen LogP contribution is -2.22. The van der Waals surface area contributed by atoms with Crippen molar-refractivity contribution in [2.24, 2.45) is 0 Å². The van der Waals surface area contributed by atoms with Crippen LogP contribution in [0.1, 0.15) is 13.8 Å². The van der Waals surface area contributed by atoms with Crippen molar-refractivity contribution in [1.82, 2.24) is 0 Å². The third-order valence-electron chi connectivity index (χ3n) is 2.14. The third kappa shape index (κ3) is 3.67. The van der Waals surface area contributed by atoms with E-state index in [1.807, 2.05) is 13.8 Å². The number of ether oxygens (including phenoxy) is 1. The molecule has 0 fully saturated rings. The summed E-state index contributed by atoms with van der Waals surface area (Å²) in [6.45, 7) is 4.64. The van der Waals surface area contributed by atoms with Crippen molar-refractivity contribution < 1.29 is 14.1 Å². The molecule has 0 aromatic heterocycles. The lowest BCUT2D eigenvalue weighted by molar-refractivity contribution is -0.386. The molecule has 0 saturated heterocycles. The van der Waals surface area contributed by atoms with Crippen LogP contribution in [0.25, 0.3) is 0 Å². The van der Waals surface area contributed by atoms with Crippen LogP contribution in [0, 0.1) is 15.9 Å². The number of para-hydroxylation sites is 1. The number of anilines is 1. The zero-order valence-electron chi connectivity index (χ0n) is 9.77. The van der Waals surface area contributed by atoms with Crippen LogP contribution >= 0.6 is 0 Å². The van der Waals surface area contributed by atoms with Crippen LogP contribution < -0.4 is 5.32 Å². The Balaban J connectivity index is 2.83. The Morgan fingerprint density at radius 3 is 2.88 bits per heavy atom. The monoisotopic (exact) mass is 242 g/mol. The van der Waals surface area contributed by atoms with Crippen LogP contribution in [0.2, 0.25) is 0 Å². The fourth-order valence-electron chi connectivity index (χ4n) is 1.42. The van der Waals surface area contributed by atoms with Gasteiger partial charge in [0.15, 0.2) is 0 Å². The molecule has 0 aliphatic heterocycles. The normalized spacial score (nSPS) is 12.2. The minimum Gasteiger partial charge on any atom is -0.380 e. The largest absolute Gasteiger partial charge is 0.380 e. The predicted octanol–water partition coefficient (Wildman–Crippen LogP) is 2.57. The van der Waals surface area contributed by atoms with E-state index in [0.29, 0.717) is 13.2 Å². The maximum atomic E-state index is 13.3. The highest BCUT2D eigenvalue weighted by molar-refractivity contribution is 5.62. The molecule has 0 radical (unpaired) electrons. The number of hydrogen-bond donors (Lipinski definition) is 1. The quantitative estimate of drug-likeness (QED) is 0.615. The molecule has 1 unspecified atom stereocenters. The first-order chi connectivity index (χ1) is 8.06.